The van der Waals surface area contributed by atoms with Crippen molar-refractivity contribution < 1.29 is 13.9 Å². The minimum absolute atomic E-state index is 0. The molecule has 0 aliphatic heterocycles. The van der Waals surface area contributed by atoms with Gasteiger partial charge in [0.15, 0.2) is 5.78 Å². The van der Waals surface area contributed by atoms with E-state index < -0.39 is 5.63 Å². The van der Waals surface area contributed by atoms with E-state index in [4.69, 9.17) is 9.15 Å². The van der Waals surface area contributed by atoms with Gasteiger partial charge in [0.1, 0.15) is 16.9 Å². The number of carbonyl (C=O) groups excluding carboxylic acids is 1. The molecule has 1 aromatic heterocycles. The van der Waals surface area contributed by atoms with E-state index in [-0.39, 0.29) is 23.8 Å². The van der Waals surface area contributed by atoms with Crippen LogP contribution in [0.2, 0.25) is 0 Å². The maximum Gasteiger partial charge on any atom is 0.347 e. The molecule has 0 bridgehead atoms. The highest BCUT2D eigenvalue weighted by atomic mass is 35.5. The highest BCUT2D eigenvalue weighted by Crippen LogP contribution is 2.20. The fraction of sp³-hybridized carbons (Fsp3) is 0.333. The van der Waals surface area contributed by atoms with Crippen molar-refractivity contribution in [3.8, 4) is 5.75 Å². The van der Waals surface area contributed by atoms with E-state index in [1.54, 1.807) is 31.4 Å². The maximum atomic E-state index is 12.0. The maximum absolute atomic E-state index is 12.0. The SMILES string of the molecule is COc1ccc2cc(C(=O)CCN(C)C)c(=O)oc2c1.Cl. The van der Waals surface area contributed by atoms with Crippen LogP contribution < -0.4 is 10.4 Å². The quantitative estimate of drug-likeness (QED) is 0.626. The van der Waals surface area contributed by atoms with Gasteiger partial charge in [0.2, 0.25) is 0 Å². The average Bonchev–Trinajstić information content (AvgIpc) is 2.43. The van der Waals surface area contributed by atoms with E-state index in [9.17, 15) is 9.59 Å². The van der Waals surface area contributed by atoms with Gasteiger partial charge in [-0.15, -0.1) is 12.4 Å². The molecule has 0 radical (unpaired) electrons. The lowest BCUT2D eigenvalue weighted by Gasteiger charge is -2.08. The van der Waals surface area contributed by atoms with Crippen molar-refractivity contribution >= 4 is 29.2 Å². The molecule has 6 heteroatoms. The van der Waals surface area contributed by atoms with Gasteiger partial charge < -0.3 is 14.1 Å². The summed E-state index contributed by atoms with van der Waals surface area (Å²) in [5.41, 5.74) is -0.0856. The first-order valence-corrected chi connectivity index (χ1v) is 6.31. The minimum Gasteiger partial charge on any atom is -0.497 e. The number of ketones is 1. The zero-order chi connectivity index (χ0) is 14.7. The normalized spacial score (nSPS) is 10.5. The van der Waals surface area contributed by atoms with Crippen molar-refractivity contribution in [2.24, 2.45) is 0 Å². The van der Waals surface area contributed by atoms with Crippen LogP contribution in [0.3, 0.4) is 0 Å². The lowest BCUT2D eigenvalue weighted by Crippen LogP contribution is -2.20. The molecule has 2 aromatic rings. The third kappa shape index (κ3) is 4.06. The largest absolute Gasteiger partial charge is 0.497 e. The summed E-state index contributed by atoms with van der Waals surface area (Å²) in [6.07, 6.45) is 0.291. The minimum atomic E-state index is -0.602. The van der Waals surface area contributed by atoms with Crippen LogP contribution in [-0.4, -0.2) is 38.4 Å². The van der Waals surface area contributed by atoms with Crippen LogP contribution in [0.25, 0.3) is 11.0 Å². The Bertz CT molecular complexity index is 694. The molecule has 0 saturated heterocycles. The third-order valence-corrected chi connectivity index (χ3v) is 3.03. The number of nitrogens with zero attached hydrogens (tertiary/aromatic N) is 1. The van der Waals surface area contributed by atoms with Gasteiger partial charge in [-0.05, 0) is 32.3 Å². The van der Waals surface area contributed by atoms with Crippen LogP contribution in [0.15, 0.2) is 33.5 Å². The first kappa shape index (κ1) is 17.2. The van der Waals surface area contributed by atoms with Crippen molar-refractivity contribution in [1.29, 1.82) is 0 Å². The van der Waals surface area contributed by atoms with E-state index in [0.29, 0.717) is 29.7 Å². The molecule has 0 unspecified atom stereocenters. The summed E-state index contributed by atoms with van der Waals surface area (Å²) in [7, 11) is 5.29. The second-order valence-electron chi connectivity index (χ2n) is 4.83. The zero-order valence-corrected chi connectivity index (χ0v) is 13.0. The Morgan fingerprint density at radius 1 is 1.29 bits per heavy atom. The first-order valence-electron chi connectivity index (χ1n) is 6.31. The van der Waals surface area contributed by atoms with Gasteiger partial charge in [-0.25, -0.2) is 4.79 Å². The molecule has 1 aromatic carbocycles. The molecule has 0 N–H and O–H groups in total. The zero-order valence-electron chi connectivity index (χ0n) is 12.2. The van der Waals surface area contributed by atoms with Crippen molar-refractivity contribution in [2.75, 3.05) is 27.7 Å². The molecule has 2 rings (SSSR count). The fourth-order valence-electron chi connectivity index (χ4n) is 1.87. The molecule has 0 fully saturated rings. The van der Waals surface area contributed by atoms with Crippen molar-refractivity contribution in [3.05, 3.63) is 40.2 Å². The summed E-state index contributed by atoms with van der Waals surface area (Å²) in [6, 6.07) is 6.74. The van der Waals surface area contributed by atoms with E-state index in [2.05, 4.69) is 0 Å². The van der Waals surface area contributed by atoms with Crippen molar-refractivity contribution in [2.45, 2.75) is 6.42 Å². The van der Waals surface area contributed by atoms with Crippen LogP contribution in [0.1, 0.15) is 16.8 Å². The Balaban J connectivity index is 0.00000220. The Morgan fingerprint density at radius 2 is 2.00 bits per heavy atom. The number of Topliss-reactive ketones (excluding diaryl/α,β-unsaturated/α-hetero) is 1. The van der Waals surface area contributed by atoms with Crippen LogP contribution >= 0.6 is 12.4 Å². The number of halogens is 1. The second kappa shape index (κ2) is 7.24. The summed E-state index contributed by atoms with van der Waals surface area (Å²) >= 11 is 0. The standard InChI is InChI=1S/C15H17NO4.ClH/c1-16(2)7-6-13(17)12-8-10-4-5-11(19-3)9-14(10)20-15(12)18;/h4-5,8-9H,6-7H2,1-3H3;1H. The lowest BCUT2D eigenvalue weighted by molar-refractivity contribution is 0.0969. The smallest absolute Gasteiger partial charge is 0.347 e. The Kier molecular flexibility index (Phi) is 5.93. The molecule has 1 heterocycles. The Labute approximate surface area is 128 Å². The van der Waals surface area contributed by atoms with Crippen LogP contribution in [-0.2, 0) is 0 Å². The lowest BCUT2D eigenvalue weighted by atomic mass is 10.1. The molecule has 0 saturated carbocycles. The Hall–Kier alpha value is -1.85. The van der Waals surface area contributed by atoms with Gasteiger partial charge in [-0.2, -0.15) is 0 Å². The second-order valence-corrected chi connectivity index (χ2v) is 4.83. The molecule has 5 nitrogen and oxygen atoms in total. The number of hydrogen-bond donors (Lipinski definition) is 0. The molecular weight excluding hydrogens is 294 g/mol. The van der Waals surface area contributed by atoms with Crippen molar-refractivity contribution in [3.63, 3.8) is 0 Å². The number of carbonyl (C=O) groups is 1. The molecule has 0 spiro atoms. The molecule has 0 atom stereocenters. The van der Waals surface area contributed by atoms with Gasteiger partial charge in [-0.3, -0.25) is 4.79 Å². The van der Waals surface area contributed by atoms with Gasteiger partial charge in [0.25, 0.3) is 0 Å². The summed E-state index contributed by atoms with van der Waals surface area (Å²) in [5.74, 6) is 0.400. The van der Waals surface area contributed by atoms with E-state index in [1.165, 1.54) is 0 Å². The van der Waals surface area contributed by atoms with Gasteiger partial charge in [-0.1, -0.05) is 0 Å². The highest BCUT2D eigenvalue weighted by molar-refractivity contribution is 5.98. The monoisotopic (exact) mass is 311 g/mol. The third-order valence-electron chi connectivity index (χ3n) is 3.03. The van der Waals surface area contributed by atoms with E-state index in [0.717, 1.165) is 0 Å². The fourth-order valence-corrected chi connectivity index (χ4v) is 1.87. The highest BCUT2D eigenvalue weighted by Gasteiger charge is 2.14. The predicted molar refractivity (Wildman–Crippen MR) is 83.8 cm³/mol. The summed E-state index contributed by atoms with van der Waals surface area (Å²) < 4.78 is 10.3. The van der Waals surface area contributed by atoms with Gasteiger partial charge >= 0.3 is 5.63 Å². The predicted octanol–water partition coefficient (Wildman–Crippen LogP) is 2.36. The van der Waals surface area contributed by atoms with E-state index >= 15 is 0 Å². The van der Waals surface area contributed by atoms with Crippen molar-refractivity contribution in [1.82, 2.24) is 4.90 Å². The topological polar surface area (TPSA) is 59.8 Å². The number of methoxy groups -OCH3 is 1. The van der Waals surface area contributed by atoms with Gasteiger partial charge in [0.05, 0.1) is 7.11 Å². The molecule has 21 heavy (non-hydrogen) atoms. The molecule has 0 aliphatic carbocycles. The van der Waals surface area contributed by atoms with Crippen LogP contribution in [0, 0.1) is 0 Å². The van der Waals surface area contributed by atoms with Gasteiger partial charge in [0, 0.05) is 24.4 Å². The molecule has 114 valence electrons. The van der Waals surface area contributed by atoms with Crippen LogP contribution in [0.5, 0.6) is 5.75 Å². The van der Waals surface area contributed by atoms with E-state index in [1.807, 2.05) is 19.0 Å². The first-order chi connectivity index (χ1) is 9.51. The summed E-state index contributed by atoms with van der Waals surface area (Å²) in [5, 5.41) is 0.707. The summed E-state index contributed by atoms with van der Waals surface area (Å²) in [6.45, 7) is 0.596. The number of fused-ring (bicyclic) bond motifs is 1. The summed E-state index contributed by atoms with van der Waals surface area (Å²) in [4.78, 5) is 25.8. The molecule has 0 aliphatic rings. The number of benzene rings is 1. The molecule has 0 amide bonds. The number of hydrogen-bond acceptors (Lipinski definition) is 5. The number of ether oxygens (including phenoxy) is 1. The Morgan fingerprint density at radius 3 is 2.62 bits per heavy atom. The average molecular weight is 312 g/mol. The number of rotatable bonds is 5. The molecular formula is C15H18ClNO4. The van der Waals surface area contributed by atoms with Crippen LogP contribution in [0.4, 0.5) is 0 Å².